The van der Waals surface area contributed by atoms with Crippen molar-refractivity contribution in [2.24, 2.45) is 5.92 Å². The molecule has 2 heterocycles. The third kappa shape index (κ3) is 2.88. The minimum Gasteiger partial charge on any atom is -0.487 e. The predicted octanol–water partition coefficient (Wildman–Crippen LogP) is 1.94. The molecular formula is C17H24N2O3S. The molecule has 3 aliphatic rings. The van der Waals surface area contributed by atoms with E-state index < -0.39 is 10.0 Å². The van der Waals surface area contributed by atoms with E-state index in [0.717, 1.165) is 38.8 Å². The molecule has 6 heteroatoms. The lowest BCUT2D eigenvalue weighted by atomic mass is 10.1. The number of hydrogen-bond donors (Lipinski definition) is 0. The number of likely N-dealkylation sites (tertiary alicyclic amines) is 1. The number of fused-ring (bicyclic) bond motifs is 2. The minimum absolute atomic E-state index is 0.0575. The van der Waals surface area contributed by atoms with E-state index >= 15 is 0 Å². The zero-order valence-electron chi connectivity index (χ0n) is 13.5. The maximum absolute atomic E-state index is 13.3. The Balaban J connectivity index is 1.78. The lowest BCUT2D eigenvalue weighted by molar-refractivity contribution is 0.111. The van der Waals surface area contributed by atoms with Gasteiger partial charge >= 0.3 is 0 Å². The van der Waals surface area contributed by atoms with Gasteiger partial charge in [-0.15, -0.1) is 0 Å². The Bertz CT molecular complexity index is 687. The van der Waals surface area contributed by atoms with E-state index in [4.69, 9.17) is 4.74 Å². The average Bonchev–Trinajstić information content (AvgIpc) is 3.35. The van der Waals surface area contributed by atoms with E-state index in [2.05, 4.69) is 11.9 Å². The van der Waals surface area contributed by atoms with Crippen LogP contribution in [0.1, 0.15) is 25.7 Å². The highest BCUT2D eigenvalue weighted by Crippen LogP contribution is 2.39. The quantitative estimate of drug-likeness (QED) is 0.828. The summed E-state index contributed by atoms with van der Waals surface area (Å²) in [7, 11) is -1.39. The van der Waals surface area contributed by atoms with E-state index in [1.54, 1.807) is 22.5 Å². The van der Waals surface area contributed by atoms with E-state index in [9.17, 15) is 8.42 Å². The van der Waals surface area contributed by atoms with Gasteiger partial charge in [-0.05, 0) is 57.3 Å². The number of hydrogen-bond acceptors (Lipinski definition) is 4. The van der Waals surface area contributed by atoms with Crippen LogP contribution in [0, 0.1) is 5.92 Å². The van der Waals surface area contributed by atoms with Gasteiger partial charge in [0.15, 0.2) is 0 Å². The summed E-state index contributed by atoms with van der Waals surface area (Å²) in [6, 6.07) is 7.05. The molecule has 1 saturated heterocycles. The fourth-order valence-electron chi connectivity index (χ4n) is 3.67. The standard InChI is InChI=1S/C17H24N2O3S/c1-18-10-8-14-15(9-11-18)22-16-4-2-3-5-17(16)23(20,21)19(14)12-13-6-7-13/h2-5,13-15H,6-12H2,1H3/t14-,15-/m1/s1. The van der Waals surface area contributed by atoms with Gasteiger partial charge in [-0.1, -0.05) is 12.1 Å². The van der Waals surface area contributed by atoms with Gasteiger partial charge in [-0.2, -0.15) is 4.31 Å². The van der Waals surface area contributed by atoms with Crippen LogP contribution in [0.5, 0.6) is 5.75 Å². The summed E-state index contributed by atoms with van der Waals surface area (Å²) in [5.74, 6) is 1.04. The van der Waals surface area contributed by atoms with Crippen molar-refractivity contribution in [2.75, 3.05) is 26.7 Å². The maximum atomic E-state index is 13.3. The van der Waals surface area contributed by atoms with Crippen LogP contribution in [0.2, 0.25) is 0 Å². The molecular weight excluding hydrogens is 312 g/mol. The second kappa shape index (κ2) is 5.76. The van der Waals surface area contributed by atoms with E-state index in [1.165, 1.54) is 0 Å². The molecule has 1 aliphatic carbocycles. The molecule has 1 aromatic rings. The summed E-state index contributed by atoms with van der Waals surface area (Å²) >= 11 is 0. The molecule has 1 saturated carbocycles. The molecule has 2 atom stereocenters. The molecule has 2 fully saturated rings. The Kier molecular flexibility index (Phi) is 3.86. The zero-order chi connectivity index (χ0) is 16.0. The van der Waals surface area contributed by atoms with Gasteiger partial charge in [0.25, 0.3) is 0 Å². The van der Waals surface area contributed by atoms with Crippen molar-refractivity contribution in [1.82, 2.24) is 9.21 Å². The molecule has 0 aromatic heterocycles. The van der Waals surface area contributed by atoms with Crippen LogP contribution in [-0.2, 0) is 10.0 Å². The molecule has 4 rings (SSSR count). The largest absolute Gasteiger partial charge is 0.487 e. The van der Waals surface area contributed by atoms with Crippen molar-refractivity contribution in [2.45, 2.75) is 42.7 Å². The van der Waals surface area contributed by atoms with Crippen LogP contribution in [0.4, 0.5) is 0 Å². The average molecular weight is 336 g/mol. The normalized spacial score (nSPS) is 31.3. The fraction of sp³-hybridized carbons (Fsp3) is 0.647. The Morgan fingerprint density at radius 3 is 2.65 bits per heavy atom. The summed E-state index contributed by atoms with van der Waals surface area (Å²) in [6.45, 7) is 2.50. The first kappa shape index (κ1) is 15.4. The first-order valence-electron chi connectivity index (χ1n) is 8.52. The summed E-state index contributed by atoms with van der Waals surface area (Å²) in [5, 5.41) is 0. The Morgan fingerprint density at radius 2 is 1.87 bits per heavy atom. The highest BCUT2D eigenvalue weighted by molar-refractivity contribution is 7.89. The number of ether oxygens (including phenoxy) is 1. The maximum Gasteiger partial charge on any atom is 0.247 e. The third-order valence-corrected chi connectivity index (χ3v) is 7.18. The number of nitrogens with zero attached hydrogens (tertiary/aromatic N) is 2. The van der Waals surface area contributed by atoms with Gasteiger partial charge in [0.2, 0.25) is 10.0 Å². The number of para-hydroxylation sites is 1. The first-order chi connectivity index (χ1) is 11.1. The van der Waals surface area contributed by atoms with Crippen LogP contribution < -0.4 is 4.74 Å². The summed E-state index contributed by atoms with van der Waals surface area (Å²) in [4.78, 5) is 2.60. The zero-order valence-corrected chi connectivity index (χ0v) is 14.3. The minimum atomic E-state index is -3.49. The Labute approximate surface area is 138 Å². The molecule has 0 bridgehead atoms. The van der Waals surface area contributed by atoms with Crippen LogP contribution in [0.15, 0.2) is 29.2 Å². The molecule has 126 valence electrons. The van der Waals surface area contributed by atoms with Gasteiger partial charge in [0.05, 0.1) is 6.04 Å². The third-order valence-electron chi connectivity index (χ3n) is 5.25. The number of benzene rings is 1. The van der Waals surface area contributed by atoms with Crippen LogP contribution in [-0.4, -0.2) is 56.5 Å². The first-order valence-corrected chi connectivity index (χ1v) is 9.96. The lowest BCUT2D eigenvalue weighted by Crippen LogP contribution is -2.48. The van der Waals surface area contributed by atoms with Gasteiger partial charge in [0.1, 0.15) is 16.7 Å². The monoisotopic (exact) mass is 336 g/mol. The Hall–Kier alpha value is -1.11. The topological polar surface area (TPSA) is 49.9 Å². The summed E-state index contributed by atoms with van der Waals surface area (Å²) < 4.78 is 34.5. The van der Waals surface area contributed by atoms with Crippen molar-refractivity contribution in [3.8, 4) is 5.75 Å². The molecule has 5 nitrogen and oxygen atoms in total. The molecule has 0 unspecified atom stereocenters. The molecule has 2 aliphatic heterocycles. The van der Waals surface area contributed by atoms with Crippen molar-refractivity contribution >= 4 is 10.0 Å². The van der Waals surface area contributed by atoms with Gasteiger partial charge in [-0.25, -0.2) is 8.42 Å². The van der Waals surface area contributed by atoms with Crippen LogP contribution >= 0.6 is 0 Å². The van der Waals surface area contributed by atoms with Crippen molar-refractivity contribution < 1.29 is 13.2 Å². The second-order valence-electron chi connectivity index (χ2n) is 7.07. The van der Waals surface area contributed by atoms with Crippen molar-refractivity contribution in [3.05, 3.63) is 24.3 Å². The van der Waals surface area contributed by atoms with Gasteiger partial charge < -0.3 is 9.64 Å². The van der Waals surface area contributed by atoms with E-state index in [-0.39, 0.29) is 12.1 Å². The van der Waals surface area contributed by atoms with Crippen molar-refractivity contribution in [1.29, 1.82) is 0 Å². The molecule has 23 heavy (non-hydrogen) atoms. The SMILES string of the molecule is CN1CC[C@@H]2[C@@H](CC1)Oc1ccccc1S(=O)(=O)N2CC1CC1. The van der Waals surface area contributed by atoms with Gasteiger partial charge in [-0.3, -0.25) is 0 Å². The highest BCUT2D eigenvalue weighted by atomic mass is 32.2. The van der Waals surface area contributed by atoms with Gasteiger partial charge in [0, 0.05) is 13.1 Å². The molecule has 1 aromatic carbocycles. The van der Waals surface area contributed by atoms with Crippen LogP contribution in [0.25, 0.3) is 0 Å². The van der Waals surface area contributed by atoms with Crippen molar-refractivity contribution in [3.63, 3.8) is 0 Å². The molecule has 0 spiro atoms. The highest BCUT2D eigenvalue weighted by Gasteiger charge is 2.44. The fourth-order valence-corrected chi connectivity index (χ4v) is 5.55. The predicted molar refractivity (Wildman–Crippen MR) is 88.0 cm³/mol. The number of sulfonamides is 1. The molecule has 0 radical (unpaired) electrons. The molecule has 0 N–H and O–H groups in total. The number of rotatable bonds is 2. The van der Waals surface area contributed by atoms with Crippen LogP contribution in [0.3, 0.4) is 0 Å². The summed E-state index contributed by atoms with van der Waals surface area (Å²) in [5.41, 5.74) is 0. The smallest absolute Gasteiger partial charge is 0.247 e. The molecule has 0 amide bonds. The second-order valence-corrected chi connectivity index (χ2v) is 8.93. The van der Waals surface area contributed by atoms with E-state index in [0.29, 0.717) is 23.1 Å². The lowest BCUT2D eigenvalue weighted by Gasteiger charge is -2.31. The Morgan fingerprint density at radius 1 is 1.13 bits per heavy atom. The summed E-state index contributed by atoms with van der Waals surface area (Å²) in [6.07, 6.45) is 3.93. The van der Waals surface area contributed by atoms with E-state index in [1.807, 2.05) is 6.07 Å².